The largest absolute Gasteiger partial charge is 0.444 e. The van der Waals surface area contributed by atoms with Crippen LogP contribution in [0.2, 0.25) is 0 Å². The van der Waals surface area contributed by atoms with Crippen LogP contribution in [0.5, 0.6) is 0 Å². The highest BCUT2D eigenvalue weighted by Gasteiger charge is 2.42. The molecule has 1 saturated heterocycles. The van der Waals surface area contributed by atoms with Crippen molar-refractivity contribution in [2.45, 2.75) is 45.0 Å². The Bertz CT molecular complexity index is 3040. The Balaban J connectivity index is 1.33. The van der Waals surface area contributed by atoms with Crippen LogP contribution in [-0.4, -0.2) is 84.4 Å². The number of anilines is 2. The molecule has 358 valence electrons. The van der Waals surface area contributed by atoms with E-state index in [-0.39, 0.29) is 66.1 Å². The van der Waals surface area contributed by atoms with Gasteiger partial charge in [-0.05, 0) is 73.4 Å². The van der Waals surface area contributed by atoms with Crippen LogP contribution in [0.3, 0.4) is 0 Å². The van der Waals surface area contributed by atoms with Gasteiger partial charge in [-0.3, -0.25) is 9.52 Å². The third-order valence-corrected chi connectivity index (χ3v) is 13.7. The van der Waals surface area contributed by atoms with Crippen molar-refractivity contribution >= 4 is 44.5 Å². The Kier molecular flexibility index (Phi) is 13.1. The SMILES string of the molecule is CCN(C)S(=O)(=O)Nc1ccc(F)c(C(=O)c2cn(C(c3ccccc3)(c3ccccc3)c3ccccc3)c3ncc(-c4ccc(N5CCN(C(=O)OC(C)(C)C)CC5)c(C(F)(F)F)c4)cc23)c1F. The van der Waals surface area contributed by atoms with Gasteiger partial charge in [0.25, 0.3) is 0 Å². The van der Waals surface area contributed by atoms with E-state index in [9.17, 15) is 13.2 Å². The highest BCUT2D eigenvalue weighted by Crippen LogP contribution is 2.45. The number of aromatic nitrogens is 2. The molecule has 0 spiro atoms. The molecular formula is C52H49F5N6O5S. The number of amides is 1. The molecule has 0 unspecified atom stereocenters. The third kappa shape index (κ3) is 9.40. The molecule has 7 aromatic rings. The number of piperazine rings is 1. The van der Waals surface area contributed by atoms with Crippen molar-refractivity contribution in [1.29, 1.82) is 0 Å². The number of benzene rings is 5. The summed E-state index contributed by atoms with van der Waals surface area (Å²) >= 11 is 0. The molecule has 17 heteroatoms. The van der Waals surface area contributed by atoms with E-state index in [0.717, 1.165) is 22.5 Å². The van der Waals surface area contributed by atoms with Gasteiger partial charge in [-0.25, -0.2) is 18.6 Å². The zero-order valence-electron chi connectivity index (χ0n) is 38.4. The quantitative estimate of drug-likeness (QED) is 0.0736. The Morgan fingerprint density at radius 2 is 1.33 bits per heavy atom. The number of hydrogen-bond acceptors (Lipinski definition) is 7. The van der Waals surface area contributed by atoms with Crippen LogP contribution in [0.15, 0.2) is 140 Å². The summed E-state index contributed by atoms with van der Waals surface area (Å²) in [6, 6.07) is 34.9. The van der Waals surface area contributed by atoms with Gasteiger partial charge >= 0.3 is 22.5 Å². The van der Waals surface area contributed by atoms with Gasteiger partial charge in [0.05, 0.1) is 22.4 Å². The summed E-state index contributed by atoms with van der Waals surface area (Å²) in [6.07, 6.45) is -2.57. The van der Waals surface area contributed by atoms with Crippen LogP contribution in [-0.2, 0) is 26.7 Å². The minimum atomic E-state index is -4.83. The molecule has 1 aliphatic heterocycles. The highest BCUT2D eigenvalue weighted by atomic mass is 32.2. The van der Waals surface area contributed by atoms with Crippen molar-refractivity contribution in [3.05, 3.63) is 185 Å². The number of rotatable bonds is 12. The van der Waals surface area contributed by atoms with Gasteiger partial charge in [0.15, 0.2) is 5.82 Å². The van der Waals surface area contributed by atoms with E-state index in [2.05, 4.69) is 4.72 Å². The number of halogens is 5. The summed E-state index contributed by atoms with van der Waals surface area (Å²) in [7, 11) is -3.07. The molecule has 0 bridgehead atoms. The van der Waals surface area contributed by atoms with Crippen molar-refractivity contribution in [1.82, 2.24) is 18.8 Å². The number of fused-ring (bicyclic) bond motifs is 1. The Labute approximate surface area is 396 Å². The van der Waals surface area contributed by atoms with Gasteiger partial charge in [-0.15, -0.1) is 0 Å². The van der Waals surface area contributed by atoms with Crippen LogP contribution < -0.4 is 9.62 Å². The maximum absolute atomic E-state index is 16.7. The molecule has 11 nitrogen and oxygen atoms in total. The normalized spacial score (nSPS) is 13.8. The molecule has 5 aromatic carbocycles. The molecule has 0 radical (unpaired) electrons. The fraction of sp³-hybridized carbons (Fsp3) is 0.250. The first-order valence-electron chi connectivity index (χ1n) is 22.1. The molecule has 69 heavy (non-hydrogen) atoms. The lowest BCUT2D eigenvalue weighted by Gasteiger charge is -2.38. The zero-order valence-corrected chi connectivity index (χ0v) is 39.2. The molecule has 0 saturated carbocycles. The zero-order chi connectivity index (χ0) is 49.5. The van der Waals surface area contributed by atoms with E-state index in [0.29, 0.717) is 16.7 Å². The van der Waals surface area contributed by atoms with Gasteiger partial charge in [-0.1, -0.05) is 104 Å². The summed E-state index contributed by atoms with van der Waals surface area (Å²) in [5.41, 5.74) is -2.67. The van der Waals surface area contributed by atoms with Crippen LogP contribution in [0, 0.1) is 11.6 Å². The number of carbonyl (C=O) groups is 2. The first-order valence-corrected chi connectivity index (χ1v) is 23.6. The maximum Gasteiger partial charge on any atom is 0.418 e. The molecule has 8 rings (SSSR count). The smallest absolute Gasteiger partial charge is 0.418 e. The van der Waals surface area contributed by atoms with E-state index in [1.807, 2.05) is 91.0 Å². The average Bonchev–Trinajstić information content (AvgIpc) is 3.71. The van der Waals surface area contributed by atoms with Gasteiger partial charge in [0.2, 0.25) is 5.78 Å². The second-order valence-corrected chi connectivity index (χ2v) is 19.4. The molecule has 3 heterocycles. The van der Waals surface area contributed by atoms with Crippen molar-refractivity contribution in [3.8, 4) is 11.1 Å². The maximum atomic E-state index is 16.7. The molecular weight excluding hydrogens is 916 g/mol. The van der Waals surface area contributed by atoms with Crippen LogP contribution in [0.25, 0.3) is 22.2 Å². The lowest BCUT2D eigenvalue weighted by molar-refractivity contribution is -0.137. The molecule has 1 aliphatic rings. The molecule has 2 aromatic heterocycles. The lowest BCUT2D eigenvalue weighted by Crippen LogP contribution is -2.50. The van der Waals surface area contributed by atoms with Gasteiger partial charge in [0, 0.05) is 68.8 Å². The number of hydrogen-bond donors (Lipinski definition) is 1. The van der Waals surface area contributed by atoms with Crippen molar-refractivity contribution in [2.24, 2.45) is 0 Å². The fourth-order valence-electron chi connectivity index (χ4n) is 8.69. The van der Waals surface area contributed by atoms with Crippen molar-refractivity contribution in [3.63, 3.8) is 0 Å². The number of ketones is 1. The van der Waals surface area contributed by atoms with Gasteiger partial charge < -0.3 is 19.1 Å². The second-order valence-electron chi connectivity index (χ2n) is 17.6. The monoisotopic (exact) mass is 964 g/mol. The number of nitrogens with zero attached hydrogens (tertiary/aromatic N) is 5. The predicted octanol–water partition coefficient (Wildman–Crippen LogP) is 10.7. The van der Waals surface area contributed by atoms with Crippen LogP contribution in [0.1, 0.15) is 65.9 Å². The van der Waals surface area contributed by atoms with Crippen LogP contribution >= 0.6 is 0 Å². The van der Waals surface area contributed by atoms with E-state index >= 15 is 26.7 Å². The number of alkyl halides is 3. The second kappa shape index (κ2) is 18.8. The minimum absolute atomic E-state index is 0.0187. The van der Waals surface area contributed by atoms with E-state index in [1.54, 1.807) is 37.2 Å². The Hall–Kier alpha value is -7.11. The van der Waals surface area contributed by atoms with Crippen molar-refractivity contribution in [2.75, 3.05) is 49.4 Å². The molecule has 1 fully saturated rings. The van der Waals surface area contributed by atoms with Gasteiger partial charge in [0.1, 0.15) is 22.6 Å². The summed E-state index contributed by atoms with van der Waals surface area (Å²) < 4.78 is 114. The number of ether oxygens (including phenoxy) is 1. The van der Waals surface area contributed by atoms with Gasteiger partial charge in [-0.2, -0.15) is 25.9 Å². The number of carbonyl (C=O) groups excluding carboxylic acids is 2. The molecule has 1 N–H and O–H groups in total. The Morgan fingerprint density at radius 3 is 1.86 bits per heavy atom. The van der Waals surface area contributed by atoms with Crippen molar-refractivity contribution < 1.29 is 44.7 Å². The van der Waals surface area contributed by atoms with E-state index < -0.39 is 67.9 Å². The predicted molar refractivity (Wildman–Crippen MR) is 255 cm³/mol. The summed E-state index contributed by atoms with van der Waals surface area (Å²) in [5.74, 6) is -3.94. The third-order valence-electron chi connectivity index (χ3n) is 12.1. The average molecular weight is 965 g/mol. The first-order chi connectivity index (χ1) is 32.7. The minimum Gasteiger partial charge on any atom is -0.444 e. The first kappa shape index (κ1) is 48.4. The Morgan fingerprint density at radius 1 is 0.768 bits per heavy atom. The molecule has 1 amide bonds. The standard InChI is InChI=1S/C52H49F5N6O5S/c1-6-60(5)69(66,67)59-43-24-23-42(53)45(46(43)54)47(64)40-33-63(51(36-16-10-7-11-17-36,37-18-12-8-13-19-37)38-20-14-9-15-21-38)48-39(40)30-35(32-58-48)34-22-25-44(41(31-34)52(55,56)57)61-26-28-62(29-27-61)49(65)68-50(2,3)4/h7-25,30-33,59H,6,26-29H2,1-5H3. The topological polar surface area (TPSA) is 117 Å². The summed E-state index contributed by atoms with van der Waals surface area (Å²) in [5, 5.41) is 0.0380. The lowest BCUT2D eigenvalue weighted by atomic mass is 9.76. The van der Waals surface area contributed by atoms with Crippen LogP contribution in [0.4, 0.5) is 38.1 Å². The highest BCUT2D eigenvalue weighted by molar-refractivity contribution is 7.90. The van der Waals surface area contributed by atoms with E-state index in [1.165, 1.54) is 42.5 Å². The molecule has 0 aliphatic carbocycles. The summed E-state index contributed by atoms with van der Waals surface area (Å²) in [4.78, 5) is 35.7. The van der Waals surface area contributed by atoms with E-state index in [4.69, 9.17) is 9.72 Å². The molecule has 0 atom stereocenters. The number of pyridine rings is 1. The number of nitrogens with one attached hydrogen (secondary N) is 1. The fourth-order valence-corrected chi connectivity index (χ4v) is 9.62. The summed E-state index contributed by atoms with van der Waals surface area (Å²) in [6.45, 7) is 7.23.